The van der Waals surface area contributed by atoms with Gasteiger partial charge in [0.15, 0.2) is 17.3 Å². The number of rotatable bonds is 5. The Morgan fingerprint density at radius 3 is 2.71 bits per heavy atom. The van der Waals surface area contributed by atoms with Crippen molar-refractivity contribution >= 4 is 11.7 Å². The van der Waals surface area contributed by atoms with Crippen molar-refractivity contribution in [1.82, 2.24) is 5.32 Å². The monoisotopic (exact) mass is 329 g/mol. The maximum atomic E-state index is 13.7. The first-order chi connectivity index (χ1) is 11.6. The van der Waals surface area contributed by atoms with E-state index in [1.807, 2.05) is 6.07 Å². The number of ether oxygens (including phenoxy) is 2. The van der Waals surface area contributed by atoms with Crippen molar-refractivity contribution in [3.63, 3.8) is 0 Å². The van der Waals surface area contributed by atoms with Gasteiger partial charge >= 0.3 is 0 Å². The zero-order valence-corrected chi connectivity index (χ0v) is 13.1. The van der Waals surface area contributed by atoms with E-state index < -0.39 is 5.82 Å². The van der Waals surface area contributed by atoms with Crippen molar-refractivity contribution in [2.75, 3.05) is 6.79 Å². The summed E-state index contributed by atoms with van der Waals surface area (Å²) < 4.78 is 24.2. The summed E-state index contributed by atoms with van der Waals surface area (Å²) in [5.41, 5.74) is 1.03. The summed E-state index contributed by atoms with van der Waals surface area (Å²) in [5, 5.41) is 2.74. The molecule has 1 N–H and O–H groups in total. The number of benzene rings is 2. The summed E-state index contributed by atoms with van der Waals surface area (Å²) in [6.45, 7) is 2.12. The summed E-state index contributed by atoms with van der Waals surface area (Å²) in [5.74, 6) is -0.0180. The fourth-order valence-electron chi connectivity index (χ4n) is 2.41. The fourth-order valence-corrected chi connectivity index (χ4v) is 2.41. The van der Waals surface area contributed by atoms with E-state index in [0.717, 1.165) is 11.6 Å². The average Bonchev–Trinajstić information content (AvgIpc) is 3.07. The summed E-state index contributed by atoms with van der Waals surface area (Å²) >= 11 is 0. The van der Waals surface area contributed by atoms with Crippen LogP contribution < -0.4 is 14.8 Å². The third-order valence-corrected chi connectivity index (χ3v) is 3.74. The summed E-state index contributed by atoms with van der Waals surface area (Å²) in [4.78, 5) is 23.9. The van der Waals surface area contributed by atoms with Crippen molar-refractivity contribution in [3.8, 4) is 11.5 Å². The normalized spacial score (nSPS) is 12.1. The van der Waals surface area contributed by atoms with Gasteiger partial charge in [0.2, 0.25) is 6.79 Å². The van der Waals surface area contributed by atoms with Crippen LogP contribution in [0.4, 0.5) is 4.39 Å². The minimum atomic E-state index is -0.617. The van der Waals surface area contributed by atoms with E-state index in [4.69, 9.17) is 9.47 Å². The standard InChI is InChI=1S/C18H16FNO4/c1-2-15(21)13-8-12(4-5-14(13)19)18(22)20-9-11-3-6-16-17(7-11)24-10-23-16/h3-8H,2,9-10H2,1H3,(H,20,22). The maximum Gasteiger partial charge on any atom is 0.251 e. The lowest BCUT2D eigenvalue weighted by atomic mass is 10.0. The van der Waals surface area contributed by atoms with Gasteiger partial charge in [0, 0.05) is 18.5 Å². The number of fused-ring (bicyclic) bond motifs is 1. The van der Waals surface area contributed by atoms with Gasteiger partial charge < -0.3 is 14.8 Å². The topological polar surface area (TPSA) is 64.6 Å². The molecule has 1 heterocycles. The smallest absolute Gasteiger partial charge is 0.251 e. The molecule has 1 amide bonds. The molecule has 24 heavy (non-hydrogen) atoms. The van der Waals surface area contributed by atoms with Crippen LogP contribution in [0.2, 0.25) is 0 Å². The molecule has 6 heteroatoms. The number of carbonyl (C=O) groups is 2. The summed E-state index contributed by atoms with van der Waals surface area (Å²) in [7, 11) is 0. The Balaban J connectivity index is 1.70. The lowest BCUT2D eigenvalue weighted by Crippen LogP contribution is -2.23. The second-order valence-corrected chi connectivity index (χ2v) is 5.34. The Hall–Kier alpha value is -2.89. The van der Waals surface area contributed by atoms with Crippen LogP contribution in [0.3, 0.4) is 0 Å². The van der Waals surface area contributed by atoms with Crippen molar-refractivity contribution in [3.05, 3.63) is 58.9 Å². The van der Waals surface area contributed by atoms with Crippen LogP contribution in [0.15, 0.2) is 36.4 Å². The van der Waals surface area contributed by atoms with Crippen molar-refractivity contribution in [2.45, 2.75) is 19.9 Å². The predicted molar refractivity (Wildman–Crippen MR) is 84.8 cm³/mol. The lowest BCUT2D eigenvalue weighted by molar-refractivity contribution is 0.0950. The summed E-state index contributed by atoms with van der Waals surface area (Å²) in [6.07, 6.45) is 0.180. The number of ketones is 1. The number of nitrogens with one attached hydrogen (secondary N) is 1. The molecule has 0 aliphatic carbocycles. The van der Waals surface area contributed by atoms with Gasteiger partial charge in [0.05, 0.1) is 5.56 Å². The molecule has 0 unspecified atom stereocenters. The van der Waals surface area contributed by atoms with E-state index >= 15 is 0 Å². The van der Waals surface area contributed by atoms with Crippen LogP contribution in [0.25, 0.3) is 0 Å². The Kier molecular flexibility index (Phi) is 4.46. The third-order valence-electron chi connectivity index (χ3n) is 3.74. The Bertz CT molecular complexity index is 804. The molecule has 0 fully saturated rings. The van der Waals surface area contributed by atoms with E-state index in [0.29, 0.717) is 11.5 Å². The van der Waals surface area contributed by atoms with Crippen LogP contribution in [-0.4, -0.2) is 18.5 Å². The largest absolute Gasteiger partial charge is 0.454 e. The minimum Gasteiger partial charge on any atom is -0.454 e. The number of amides is 1. The summed E-state index contributed by atoms with van der Waals surface area (Å²) in [6, 6.07) is 9.18. The predicted octanol–water partition coefficient (Wildman–Crippen LogP) is 3.08. The number of halogens is 1. The second kappa shape index (κ2) is 6.70. The first-order valence-electron chi connectivity index (χ1n) is 7.58. The van der Waals surface area contributed by atoms with Gasteiger partial charge in [0.25, 0.3) is 5.91 Å². The van der Waals surface area contributed by atoms with E-state index in [2.05, 4.69) is 5.32 Å². The molecule has 0 bridgehead atoms. The zero-order valence-electron chi connectivity index (χ0n) is 13.1. The first-order valence-corrected chi connectivity index (χ1v) is 7.58. The zero-order chi connectivity index (χ0) is 17.1. The van der Waals surface area contributed by atoms with Gasteiger partial charge in [-0.15, -0.1) is 0 Å². The highest BCUT2D eigenvalue weighted by Crippen LogP contribution is 2.32. The molecule has 0 saturated heterocycles. The minimum absolute atomic E-state index is 0.0618. The lowest BCUT2D eigenvalue weighted by Gasteiger charge is -2.08. The molecule has 5 nitrogen and oxygen atoms in total. The van der Waals surface area contributed by atoms with Crippen LogP contribution in [0, 0.1) is 5.82 Å². The fraction of sp³-hybridized carbons (Fsp3) is 0.222. The molecular formula is C18H16FNO4. The van der Waals surface area contributed by atoms with Crippen LogP contribution in [0.1, 0.15) is 39.6 Å². The SMILES string of the molecule is CCC(=O)c1cc(C(=O)NCc2ccc3c(c2)OCO3)ccc1F. The van der Waals surface area contributed by atoms with Gasteiger partial charge in [-0.2, -0.15) is 0 Å². The van der Waals surface area contributed by atoms with Crippen molar-refractivity contribution in [1.29, 1.82) is 0 Å². The highest BCUT2D eigenvalue weighted by molar-refractivity contribution is 6.00. The number of carbonyl (C=O) groups excluding carboxylic acids is 2. The molecule has 0 spiro atoms. The third kappa shape index (κ3) is 3.22. The highest BCUT2D eigenvalue weighted by Gasteiger charge is 2.15. The van der Waals surface area contributed by atoms with Crippen LogP contribution >= 0.6 is 0 Å². The van der Waals surface area contributed by atoms with Gasteiger partial charge in [-0.25, -0.2) is 4.39 Å². The quantitative estimate of drug-likeness (QED) is 0.856. The van der Waals surface area contributed by atoms with Crippen LogP contribution in [-0.2, 0) is 6.54 Å². The van der Waals surface area contributed by atoms with Gasteiger partial charge in [-0.1, -0.05) is 13.0 Å². The van der Waals surface area contributed by atoms with E-state index in [9.17, 15) is 14.0 Å². The van der Waals surface area contributed by atoms with Gasteiger partial charge in [-0.05, 0) is 35.9 Å². The van der Waals surface area contributed by atoms with Crippen molar-refractivity contribution in [2.24, 2.45) is 0 Å². The van der Waals surface area contributed by atoms with E-state index in [-0.39, 0.29) is 42.6 Å². The molecule has 0 atom stereocenters. The molecule has 3 rings (SSSR count). The molecule has 1 aliphatic heterocycles. The average molecular weight is 329 g/mol. The van der Waals surface area contributed by atoms with Gasteiger partial charge in [-0.3, -0.25) is 9.59 Å². The van der Waals surface area contributed by atoms with Crippen molar-refractivity contribution < 1.29 is 23.5 Å². The number of hydrogen-bond donors (Lipinski definition) is 1. The van der Waals surface area contributed by atoms with E-state index in [1.165, 1.54) is 12.1 Å². The number of Topliss-reactive ketones (excluding diaryl/α,β-unsaturated/α-hetero) is 1. The molecule has 124 valence electrons. The highest BCUT2D eigenvalue weighted by atomic mass is 19.1. The Labute approximate surface area is 138 Å². The molecule has 1 aliphatic rings. The molecule has 2 aromatic carbocycles. The molecule has 0 aromatic heterocycles. The Morgan fingerprint density at radius 2 is 1.92 bits per heavy atom. The van der Waals surface area contributed by atoms with Gasteiger partial charge in [0.1, 0.15) is 5.82 Å². The molecule has 0 saturated carbocycles. The van der Waals surface area contributed by atoms with E-state index in [1.54, 1.807) is 19.1 Å². The number of hydrogen-bond acceptors (Lipinski definition) is 4. The molecular weight excluding hydrogens is 313 g/mol. The van der Waals surface area contributed by atoms with Crippen LogP contribution in [0.5, 0.6) is 11.5 Å². The molecule has 2 aromatic rings. The Morgan fingerprint density at radius 1 is 1.12 bits per heavy atom. The first kappa shape index (κ1) is 16.0. The maximum absolute atomic E-state index is 13.7. The second-order valence-electron chi connectivity index (χ2n) is 5.34. The molecule has 0 radical (unpaired) electrons.